The molecule has 1 aliphatic rings. The molecule has 122 valence electrons. The minimum Gasteiger partial charge on any atom is -0.396 e. The molecule has 0 aromatic heterocycles. The van der Waals surface area contributed by atoms with Crippen LogP contribution in [0.5, 0.6) is 0 Å². The van der Waals surface area contributed by atoms with Crippen molar-refractivity contribution in [2.75, 3.05) is 18.9 Å². The summed E-state index contributed by atoms with van der Waals surface area (Å²) >= 11 is 1.23. The fourth-order valence-corrected chi connectivity index (χ4v) is 3.75. The molecule has 2 rings (SSSR count). The molecule has 1 aromatic rings. The molecule has 1 heterocycles. The number of hydrogen-bond donors (Lipinski definition) is 1. The SMILES string of the molecule is O=C1CSC(c2ccccc2C(F)(F)F)N1CCCCCO. The standard InChI is InChI=1S/C15H18F3NO2S/c16-15(17,18)12-7-3-2-6-11(12)14-19(13(21)10-22-14)8-4-1-5-9-20/h2-3,6-7,14,20H,1,4-5,8-10H2. The van der Waals surface area contributed by atoms with Gasteiger partial charge in [-0.2, -0.15) is 13.2 Å². The lowest BCUT2D eigenvalue weighted by Gasteiger charge is -2.26. The number of rotatable bonds is 6. The number of aliphatic hydroxyl groups is 1. The van der Waals surface area contributed by atoms with Crippen LogP contribution in [0.25, 0.3) is 0 Å². The van der Waals surface area contributed by atoms with Gasteiger partial charge in [-0.05, 0) is 30.9 Å². The Hall–Kier alpha value is -1.21. The molecule has 1 unspecified atom stereocenters. The smallest absolute Gasteiger partial charge is 0.396 e. The van der Waals surface area contributed by atoms with Gasteiger partial charge < -0.3 is 10.0 Å². The summed E-state index contributed by atoms with van der Waals surface area (Å²) in [5.41, 5.74) is -0.532. The van der Waals surface area contributed by atoms with Crippen molar-refractivity contribution in [1.29, 1.82) is 0 Å². The molecule has 0 spiro atoms. The lowest BCUT2D eigenvalue weighted by Crippen LogP contribution is -2.30. The van der Waals surface area contributed by atoms with Crippen LogP contribution in [0.1, 0.15) is 35.8 Å². The van der Waals surface area contributed by atoms with Crippen molar-refractivity contribution in [3.63, 3.8) is 0 Å². The summed E-state index contributed by atoms with van der Waals surface area (Å²) in [6.07, 6.45) is -2.36. The lowest BCUT2D eigenvalue weighted by molar-refractivity contribution is -0.139. The highest BCUT2D eigenvalue weighted by molar-refractivity contribution is 8.00. The van der Waals surface area contributed by atoms with Gasteiger partial charge in [-0.1, -0.05) is 18.2 Å². The highest BCUT2D eigenvalue weighted by Crippen LogP contribution is 2.44. The van der Waals surface area contributed by atoms with Crippen LogP contribution in [0.4, 0.5) is 13.2 Å². The number of carbonyl (C=O) groups is 1. The number of halogens is 3. The van der Waals surface area contributed by atoms with Crippen LogP contribution in [-0.2, 0) is 11.0 Å². The van der Waals surface area contributed by atoms with Gasteiger partial charge in [-0.25, -0.2) is 0 Å². The van der Waals surface area contributed by atoms with Gasteiger partial charge in [0.1, 0.15) is 5.37 Å². The molecule has 1 saturated heterocycles. The van der Waals surface area contributed by atoms with E-state index in [9.17, 15) is 18.0 Å². The van der Waals surface area contributed by atoms with Crippen molar-refractivity contribution in [3.05, 3.63) is 35.4 Å². The van der Waals surface area contributed by atoms with E-state index in [1.54, 1.807) is 6.07 Å². The van der Waals surface area contributed by atoms with E-state index in [0.717, 1.165) is 12.5 Å². The molecule has 1 fully saturated rings. The summed E-state index contributed by atoms with van der Waals surface area (Å²) < 4.78 is 39.4. The summed E-state index contributed by atoms with van der Waals surface area (Å²) in [6.45, 7) is 0.506. The molecule has 3 nitrogen and oxygen atoms in total. The zero-order valence-corrected chi connectivity index (χ0v) is 12.8. The summed E-state index contributed by atoms with van der Waals surface area (Å²) in [5, 5.41) is 8.17. The van der Waals surface area contributed by atoms with E-state index in [2.05, 4.69) is 0 Å². The van der Waals surface area contributed by atoms with Gasteiger partial charge in [0.15, 0.2) is 0 Å². The minimum absolute atomic E-state index is 0.0863. The maximum atomic E-state index is 13.1. The lowest BCUT2D eigenvalue weighted by atomic mass is 10.1. The molecular formula is C15H18F3NO2S. The third-order valence-electron chi connectivity index (χ3n) is 3.56. The first-order valence-electron chi connectivity index (χ1n) is 7.13. The van der Waals surface area contributed by atoms with Crippen LogP contribution in [0.3, 0.4) is 0 Å². The molecule has 7 heteroatoms. The second-order valence-corrected chi connectivity index (χ2v) is 6.19. The number of thioether (sulfide) groups is 1. The summed E-state index contributed by atoms with van der Waals surface area (Å²) in [5.74, 6) is 0.0765. The topological polar surface area (TPSA) is 40.5 Å². The van der Waals surface area contributed by atoms with Gasteiger partial charge >= 0.3 is 6.18 Å². The number of nitrogens with zero attached hydrogens (tertiary/aromatic N) is 1. The van der Waals surface area contributed by atoms with Gasteiger partial charge in [0, 0.05) is 13.2 Å². The van der Waals surface area contributed by atoms with E-state index < -0.39 is 17.1 Å². The van der Waals surface area contributed by atoms with Gasteiger partial charge in [-0.15, -0.1) is 11.8 Å². The van der Waals surface area contributed by atoms with Crippen molar-refractivity contribution in [1.82, 2.24) is 4.90 Å². The van der Waals surface area contributed by atoms with Gasteiger partial charge in [0.25, 0.3) is 0 Å². The fourth-order valence-electron chi connectivity index (χ4n) is 2.49. The fraction of sp³-hybridized carbons (Fsp3) is 0.533. The number of alkyl halides is 3. The first-order valence-corrected chi connectivity index (χ1v) is 8.18. The first-order chi connectivity index (χ1) is 10.4. The van der Waals surface area contributed by atoms with E-state index in [4.69, 9.17) is 5.11 Å². The molecule has 1 aliphatic heterocycles. The van der Waals surface area contributed by atoms with Crippen LogP contribution in [0.2, 0.25) is 0 Å². The average molecular weight is 333 g/mol. The number of aliphatic hydroxyl groups excluding tert-OH is 1. The molecule has 22 heavy (non-hydrogen) atoms. The number of unbranched alkanes of at least 4 members (excludes halogenated alkanes) is 2. The van der Waals surface area contributed by atoms with Crippen molar-refractivity contribution in [3.8, 4) is 0 Å². The Morgan fingerprint density at radius 3 is 2.64 bits per heavy atom. The molecule has 0 aliphatic carbocycles. The summed E-state index contributed by atoms with van der Waals surface area (Å²) in [6, 6.07) is 5.43. The van der Waals surface area contributed by atoms with Crippen molar-refractivity contribution in [2.45, 2.75) is 30.8 Å². The molecule has 1 amide bonds. The van der Waals surface area contributed by atoms with E-state index in [1.807, 2.05) is 0 Å². The number of benzene rings is 1. The van der Waals surface area contributed by atoms with E-state index in [-0.39, 0.29) is 23.8 Å². The van der Waals surface area contributed by atoms with Crippen LogP contribution in [0, 0.1) is 0 Å². The number of carbonyl (C=O) groups excluding carboxylic acids is 1. The van der Waals surface area contributed by atoms with Crippen LogP contribution in [0.15, 0.2) is 24.3 Å². The molecule has 0 saturated carbocycles. The van der Waals surface area contributed by atoms with Gasteiger partial charge in [0.2, 0.25) is 5.91 Å². The van der Waals surface area contributed by atoms with Crippen LogP contribution < -0.4 is 0 Å². The second kappa shape index (κ2) is 7.37. The maximum absolute atomic E-state index is 13.1. The molecule has 0 radical (unpaired) electrons. The van der Waals surface area contributed by atoms with Crippen molar-refractivity contribution < 1.29 is 23.1 Å². The van der Waals surface area contributed by atoms with Crippen molar-refractivity contribution >= 4 is 17.7 Å². The van der Waals surface area contributed by atoms with E-state index in [1.165, 1.54) is 28.8 Å². The molecule has 1 atom stereocenters. The van der Waals surface area contributed by atoms with Crippen LogP contribution in [-0.4, -0.2) is 34.8 Å². The second-order valence-electron chi connectivity index (χ2n) is 5.12. The molecular weight excluding hydrogens is 315 g/mol. The predicted octanol–water partition coefficient (Wildman–Crippen LogP) is 3.44. The Labute approximate surface area is 131 Å². The largest absolute Gasteiger partial charge is 0.416 e. The Morgan fingerprint density at radius 1 is 1.23 bits per heavy atom. The quantitative estimate of drug-likeness (QED) is 0.811. The Kier molecular flexibility index (Phi) is 5.74. The van der Waals surface area contributed by atoms with E-state index >= 15 is 0 Å². The third-order valence-corrected chi connectivity index (χ3v) is 4.80. The first kappa shape index (κ1) is 17.1. The van der Waals surface area contributed by atoms with Gasteiger partial charge in [0.05, 0.1) is 11.3 Å². The number of hydrogen-bond acceptors (Lipinski definition) is 3. The third kappa shape index (κ3) is 3.95. The number of amides is 1. The summed E-state index contributed by atoms with van der Waals surface area (Å²) in [4.78, 5) is 13.5. The zero-order chi connectivity index (χ0) is 16.2. The minimum atomic E-state index is -4.43. The normalized spacial score (nSPS) is 19.0. The Balaban J connectivity index is 2.18. The Morgan fingerprint density at radius 2 is 1.95 bits per heavy atom. The molecule has 1 aromatic carbocycles. The molecule has 1 N–H and O–H groups in total. The molecule has 0 bridgehead atoms. The van der Waals surface area contributed by atoms with Gasteiger partial charge in [-0.3, -0.25) is 4.79 Å². The van der Waals surface area contributed by atoms with Crippen molar-refractivity contribution in [2.24, 2.45) is 0 Å². The maximum Gasteiger partial charge on any atom is 0.416 e. The highest BCUT2D eigenvalue weighted by Gasteiger charge is 2.40. The average Bonchev–Trinajstić information content (AvgIpc) is 2.84. The van der Waals surface area contributed by atoms with Crippen LogP contribution >= 0.6 is 11.8 Å². The predicted molar refractivity (Wildman–Crippen MR) is 79.3 cm³/mol. The zero-order valence-electron chi connectivity index (χ0n) is 12.0. The highest BCUT2D eigenvalue weighted by atomic mass is 32.2. The summed E-state index contributed by atoms with van der Waals surface area (Å²) in [7, 11) is 0. The Bertz CT molecular complexity index is 522. The monoisotopic (exact) mass is 333 g/mol. The van der Waals surface area contributed by atoms with E-state index in [0.29, 0.717) is 19.4 Å².